The zero-order valence-electron chi connectivity index (χ0n) is 13.9. The molecule has 0 fully saturated rings. The van der Waals surface area contributed by atoms with Crippen molar-refractivity contribution in [2.24, 2.45) is 0 Å². The van der Waals surface area contributed by atoms with E-state index in [-0.39, 0.29) is 0 Å². The summed E-state index contributed by atoms with van der Waals surface area (Å²) in [5.41, 5.74) is 2.72. The van der Waals surface area contributed by atoms with Crippen LogP contribution in [0.25, 0.3) is 0 Å². The van der Waals surface area contributed by atoms with Crippen LogP contribution in [0.3, 0.4) is 0 Å². The van der Waals surface area contributed by atoms with Crippen LogP contribution in [0.2, 0.25) is 0 Å². The van der Waals surface area contributed by atoms with E-state index in [9.17, 15) is 0 Å². The molecule has 2 aromatic rings. The molecule has 0 saturated carbocycles. The van der Waals surface area contributed by atoms with E-state index in [0.717, 1.165) is 19.6 Å². The summed E-state index contributed by atoms with van der Waals surface area (Å²) >= 11 is 0. The molecular formula is C20H27NO. The highest BCUT2D eigenvalue weighted by molar-refractivity contribution is 5.20. The normalized spacial score (nSPS) is 14.0. The summed E-state index contributed by atoms with van der Waals surface area (Å²) in [5, 5.41) is 0. The maximum atomic E-state index is 5.27. The molecule has 0 aliphatic carbocycles. The van der Waals surface area contributed by atoms with E-state index in [1.807, 2.05) is 0 Å². The molecule has 118 valence electrons. The molecule has 0 aromatic heterocycles. The summed E-state index contributed by atoms with van der Waals surface area (Å²) in [5.74, 6) is 0. The number of methoxy groups -OCH3 is 1. The van der Waals surface area contributed by atoms with Crippen LogP contribution in [-0.4, -0.2) is 24.7 Å². The molecule has 0 saturated heterocycles. The van der Waals surface area contributed by atoms with Gasteiger partial charge in [0.25, 0.3) is 0 Å². The van der Waals surface area contributed by atoms with Crippen molar-refractivity contribution in [2.45, 2.75) is 38.9 Å². The molecule has 22 heavy (non-hydrogen) atoms. The van der Waals surface area contributed by atoms with Gasteiger partial charge in [-0.15, -0.1) is 0 Å². The van der Waals surface area contributed by atoms with Crippen molar-refractivity contribution in [1.82, 2.24) is 4.90 Å². The van der Waals surface area contributed by atoms with Crippen LogP contribution in [0, 0.1) is 0 Å². The second kappa shape index (κ2) is 8.72. The minimum absolute atomic E-state index is 0.383. The molecule has 0 N–H and O–H groups in total. The van der Waals surface area contributed by atoms with Crippen molar-refractivity contribution in [3.8, 4) is 0 Å². The molecule has 2 aromatic carbocycles. The van der Waals surface area contributed by atoms with Crippen molar-refractivity contribution in [1.29, 1.82) is 0 Å². The lowest BCUT2D eigenvalue weighted by atomic mass is 10.0. The average molecular weight is 297 g/mol. The Morgan fingerprint density at radius 3 is 2.09 bits per heavy atom. The second-order valence-electron chi connectivity index (χ2n) is 5.88. The van der Waals surface area contributed by atoms with Crippen molar-refractivity contribution in [3.05, 3.63) is 71.8 Å². The summed E-state index contributed by atoms with van der Waals surface area (Å²) in [6.45, 7) is 6.35. The standard InChI is InChI=1S/C20H27NO/c1-17(14-15-22-3)21(16-19-10-6-4-7-11-19)18(2)20-12-8-5-9-13-20/h4-13,17-18H,14-16H2,1-3H3/t17?,18-/m0/s1. The molecule has 0 heterocycles. The summed E-state index contributed by atoms with van der Waals surface area (Å²) < 4.78 is 5.27. The Labute approximate surface area is 134 Å². The van der Waals surface area contributed by atoms with E-state index in [4.69, 9.17) is 4.74 Å². The molecule has 0 aliphatic rings. The van der Waals surface area contributed by atoms with Gasteiger partial charge in [0.05, 0.1) is 0 Å². The van der Waals surface area contributed by atoms with Crippen LogP contribution in [0.5, 0.6) is 0 Å². The first kappa shape index (κ1) is 16.7. The molecule has 2 heteroatoms. The van der Waals surface area contributed by atoms with Crippen LogP contribution in [-0.2, 0) is 11.3 Å². The van der Waals surface area contributed by atoms with Crippen molar-refractivity contribution in [2.75, 3.05) is 13.7 Å². The Hall–Kier alpha value is -1.64. The van der Waals surface area contributed by atoms with E-state index in [2.05, 4.69) is 79.4 Å². The highest BCUT2D eigenvalue weighted by atomic mass is 16.5. The fourth-order valence-electron chi connectivity index (χ4n) is 2.85. The molecular weight excluding hydrogens is 270 g/mol. The first-order valence-electron chi connectivity index (χ1n) is 8.06. The fourth-order valence-corrected chi connectivity index (χ4v) is 2.85. The number of nitrogens with zero attached hydrogens (tertiary/aromatic N) is 1. The van der Waals surface area contributed by atoms with Crippen LogP contribution in [0.15, 0.2) is 60.7 Å². The van der Waals surface area contributed by atoms with Crippen molar-refractivity contribution in [3.63, 3.8) is 0 Å². The van der Waals surface area contributed by atoms with Crippen LogP contribution < -0.4 is 0 Å². The second-order valence-corrected chi connectivity index (χ2v) is 5.88. The molecule has 2 rings (SSSR count). The van der Waals surface area contributed by atoms with Crippen molar-refractivity contribution >= 4 is 0 Å². The summed E-state index contributed by atoms with van der Waals surface area (Å²) in [7, 11) is 1.77. The summed E-state index contributed by atoms with van der Waals surface area (Å²) in [6.07, 6.45) is 1.04. The Morgan fingerprint density at radius 1 is 0.909 bits per heavy atom. The van der Waals surface area contributed by atoms with Gasteiger partial charge in [0.15, 0.2) is 0 Å². The number of benzene rings is 2. The first-order valence-corrected chi connectivity index (χ1v) is 8.06. The van der Waals surface area contributed by atoms with E-state index in [1.165, 1.54) is 11.1 Å². The Balaban J connectivity index is 2.17. The zero-order valence-corrected chi connectivity index (χ0v) is 13.9. The lowest BCUT2D eigenvalue weighted by Gasteiger charge is -2.35. The number of rotatable bonds is 8. The SMILES string of the molecule is COCCC(C)N(Cc1ccccc1)[C@@H](C)c1ccccc1. The van der Waals surface area contributed by atoms with Gasteiger partial charge in [-0.05, 0) is 31.4 Å². The predicted octanol–water partition coefficient (Wildman–Crippen LogP) is 4.67. The molecule has 0 radical (unpaired) electrons. The minimum Gasteiger partial charge on any atom is -0.385 e. The summed E-state index contributed by atoms with van der Waals surface area (Å²) in [6, 6.07) is 22.3. The van der Waals surface area contributed by atoms with Gasteiger partial charge in [0.2, 0.25) is 0 Å². The molecule has 0 spiro atoms. The van der Waals surface area contributed by atoms with E-state index in [0.29, 0.717) is 12.1 Å². The van der Waals surface area contributed by atoms with Gasteiger partial charge in [-0.3, -0.25) is 4.90 Å². The summed E-state index contributed by atoms with van der Waals surface area (Å²) in [4.78, 5) is 2.56. The quantitative estimate of drug-likeness (QED) is 0.702. The molecule has 2 nitrogen and oxygen atoms in total. The van der Waals surface area contributed by atoms with Gasteiger partial charge in [0.1, 0.15) is 0 Å². The Bertz CT molecular complexity index is 526. The van der Waals surface area contributed by atoms with Gasteiger partial charge >= 0.3 is 0 Å². The average Bonchev–Trinajstić information content (AvgIpc) is 2.58. The molecule has 0 aliphatic heterocycles. The molecule has 0 bridgehead atoms. The highest BCUT2D eigenvalue weighted by Crippen LogP contribution is 2.25. The highest BCUT2D eigenvalue weighted by Gasteiger charge is 2.21. The Kier molecular flexibility index (Phi) is 6.63. The smallest absolute Gasteiger partial charge is 0.0477 e. The monoisotopic (exact) mass is 297 g/mol. The number of hydrogen-bond acceptors (Lipinski definition) is 2. The molecule has 2 atom stereocenters. The largest absolute Gasteiger partial charge is 0.385 e. The predicted molar refractivity (Wildman–Crippen MR) is 92.8 cm³/mol. The van der Waals surface area contributed by atoms with Crippen LogP contribution in [0.1, 0.15) is 37.4 Å². The zero-order chi connectivity index (χ0) is 15.8. The van der Waals surface area contributed by atoms with E-state index < -0.39 is 0 Å². The third-order valence-electron chi connectivity index (χ3n) is 4.29. The maximum Gasteiger partial charge on any atom is 0.0477 e. The van der Waals surface area contributed by atoms with Gasteiger partial charge in [-0.2, -0.15) is 0 Å². The van der Waals surface area contributed by atoms with E-state index >= 15 is 0 Å². The third-order valence-corrected chi connectivity index (χ3v) is 4.29. The van der Waals surface area contributed by atoms with Crippen LogP contribution >= 0.6 is 0 Å². The van der Waals surface area contributed by atoms with Gasteiger partial charge in [0, 0.05) is 32.3 Å². The Morgan fingerprint density at radius 2 is 1.50 bits per heavy atom. The van der Waals surface area contributed by atoms with Crippen LogP contribution in [0.4, 0.5) is 0 Å². The number of ether oxygens (including phenoxy) is 1. The minimum atomic E-state index is 0.383. The van der Waals surface area contributed by atoms with Gasteiger partial charge < -0.3 is 4.74 Å². The fraction of sp³-hybridized carbons (Fsp3) is 0.400. The maximum absolute atomic E-state index is 5.27. The molecule has 1 unspecified atom stereocenters. The third kappa shape index (κ3) is 4.69. The van der Waals surface area contributed by atoms with Crippen molar-refractivity contribution < 1.29 is 4.74 Å². The van der Waals surface area contributed by atoms with Gasteiger partial charge in [-0.25, -0.2) is 0 Å². The van der Waals surface area contributed by atoms with E-state index in [1.54, 1.807) is 7.11 Å². The lowest BCUT2D eigenvalue weighted by molar-refractivity contribution is 0.104. The van der Waals surface area contributed by atoms with Gasteiger partial charge in [-0.1, -0.05) is 60.7 Å². The lowest BCUT2D eigenvalue weighted by Crippen LogP contribution is -2.35. The molecule has 0 amide bonds. The number of hydrogen-bond donors (Lipinski definition) is 0. The first-order chi connectivity index (χ1) is 10.7. The topological polar surface area (TPSA) is 12.5 Å².